The van der Waals surface area contributed by atoms with Crippen molar-refractivity contribution in [1.82, 2.24) is 4.98 Å². The molecule has 0 saturated heterocycles. The van der Waals surface area contributed by atoms with Crippen molar-refractivity contribution in [2.75, 3.05) is 10.0 Å². The van der Waals surface area contributed by atoms with Crippen molar-refractivity contribution in [3.05, 3.63) is 96.2 Å². The van der Waals surface area contributed by atoms with E-state index in [2.05, 4.69) is 15.0 Å². The third-order valence-corrected chi connectivity index (χ3v) is 5.85. The van der Waals surface area contributed by atoms with Crippen LogP contribution in [0.2, 0.25) is 0 Å². The van der Waals surface area contributed by atoms with Crippen molar-refractivity contribution in [3.8, 4) is 11.3 Å². The second kappa shape index (κ2) is 8.99. The number of nitrogens with one attached hydrogen (secondary N) is 2. The summed E-state index contributed by atoms with van der Waals surface area (Å²) in [6.07, 6.45) is -3.03. The third kappa shape index (κ3) is 5.92. The lowest BCUT2D eigenvalue weighted by Gasteiger charge is -2.10. The minimum atomic E-state index is -4.42. The molecule has 0 aliphatic rings. The Morgan fingerprint density at radius 3 is 2.27 bits per heavy atom. The Kier molecular flexibility index (Phi) is 6.10. The third-order valence-electron chi connectivity index (χ3n) is 4.59. The lowest BCUT2D eigenvalue weighted by atomic mass is 10.1. The number of oxazole rings is 1. The van der Waals surface area contributed by atoms with Crippen LogP contribution in [0.4, 0.5) is 30.6 Å². The summed E-state index contributed by atoms with van der Waals surface area (Å²) in [7, 11) is -3.62. The van der Waals surface area contributed by atoms with Gasteiger partial charge in [-0.05, 0) is 35.9 Å². The molecule has 1 heterocycles. The molecule has 1 aromatic heterocycles. The number of nitrogens with zero attached hydrogens (tertiary/aromatic N) is 1. The predicted octanol–water partition coefficient (Wildman–Crippen LogP) is 6.05. The van der Waals surface area contributed by atoms with Crippen LogP contribution in [0, 0.1) is 0 Å². The van der Waals surface area contributed by atoms with Gasteiger partial charge in [0.2, 0.25) is 10.0 Å². The van der Waals surface area contributed by atoms with Gasteiger partial charge in [0.1, 0.15) is 0 Å². The molecule has 0 aliphatic carbocycles. The molecular formula is C23H18F3N3O3S. The molecule has 10 heteroatoms. The summed E-state index contributed by atoms with van der Waals surface area (Å²) in [5, 5.41) is 2.91. The van der Waals surface area contributed by atoms with E-state index in [0.717, 1.165) is 12.1 Å². The fraction of sp³-hybridized carbons (Fsp3) is 0.0870. The molecule has 0 fully saturated rings. The number of anilines is 3. The van der Waals surface area contributed by atoms with Crippen molar-refractivity contribution in [3.63, 3.8) is 0 Å². The van der Waals surface area contributed by atoms with Gasteiger partial charge in [-0.3, -0.25) is 4.72 Å². The highest BCUT2D eigenvalue weighted by Crippen LogP contribution is 2.32. The molecule has 170 valence electrons. The molecule has 3 aromatic carbocycles. The number of aromatic nitrogens is 1. The summed E-state index contributed by atoms with van der Waals surface area (Å²) >= 11 is 0. The van der Waals surface area contributed by atoms with Gasteiger partial charge in [0.25, 0.3) is 6.01 Å². The molecule has 0 aliphatic heterocycles. The van der Waals surface area contributed by atoms with Crippen LogP contribution in [-0.2, 0) is 22.0 Å². The molecule has 0 unspecified atom stereocenters. The second-order valence-corrected chi connectivity index (χ2v) is 8.88. The van der Waals surface area contributed by atoms with Gasteiger partial charge < -0.3 is 9.73 Å². The van der Waals surface area contributed by atoms with Gasteiger partial charge in [0, 0.05) is 11.3 Å². The van der Waals surface area contributed by atoms with Crippen LogP contribution in [0.25, 0.3) is 11.3 Å². The molecular weight excluding hydrogens is 455 g/mol. The van der Waals surface area contributed by atoms with Crippen LogP contribution >= 0.6 is 0 Å². The number of rotatable bonds is 7. The average molecular weight is 473 g/mol. The zero-order valence-electron chi connectivity index (χ0n) is 17.0. The summed E-state index contributed by atoms with van der Waals surface area (Å²) in [4.78, 5) is 4.08. The molecule has 0 atom stereocenters. The highest BCUT2D eigenvalue weighted by Gasteiger charge is 2.30. The SMILES string of the molecule is O=S(=O)(Cc1ccccc1)Nc1cccc(Nc2ncc(-c3ccc(C(F)(F)F)cc3)o2)c1. The van der Waals surface area contributed by atoms with Crippen molar-refractivity contribution in [2.24, 2.45) is 0 Å². The Balaban J connectivity index is 1.44. The highest BCUT2D eigenvalue weighted by atomic mass is 32.2. The molecule has 4 aromatic rings. The van der Waals surface area contributed by atoms with Gasteiger partial charge in [-0.2, -0.15) is 13.2 Å². The van der Waals surface area contributed by atoms with E-state index in [4.69, 9.17) is 4.42 Å². The van der Waals surface area contributed by atoms with Crippen molar-refractivity contribution < 1.29 is 26.0 Å². The summed E-state index contributed by atoms with van der Waals surface area (Å²) in [5.41, 5.74) is 1.21. The first-order valence-corrected chi connectivity index (χ1v) is 11.4. The van der Waals surface area contributed by atoms with Crippen LogP contribution in [0.3, 0.4) is 0 Å². The molecule has 0 spiro atoms. The van der Waals surface area contributed by atoms with Crippen LogP contribution in [0.1, 0.15) is 11.1 Å². The summed E-state index contributed by atoms with van der Waals surface area (Å²) in [6.45, 7) is 0. The van der Waals surface area contributed by atoms with E-state index in [0.29, 0.717) is 22.5 Å². The molecule has 4 rings (SSSR count). The Morgan fingerprint density at radius 1 is 0.879 bits per heavy atom. The van der Waals surface area contributed by atoms with Gasteiger partial charge in [-0.25, -0.2) is 13.4 Å². The molecule has 0 radical (unpaired) electrons. The standard InChI is InChI=1S/C23H18F3N3O3S/c24-23(25,26)18-11-9-17(10-12-18)21-14-27-22(32-21)28-19-7-4-8-20(13-19)29-33(30,31)15-16-5-2-1-3-6-16/h1-14,29H,15H2,(H,27,28). The summed E-state index contributed by atoms with van der Waals surface area (Å²) in [5.74, 6) is 0.118. The first-order valence-electron chi connectivity index (χ1n) is 9.73. The van der Waals surface area contributed by atoms with E-state index in [1.807, 2.05) is 6.07 Å². The number of hydrogen-bond donors (Lipinski definition) is 2. The van der Waals surface area contributed by atoms with Crippen molar-refractivity contribution >= 4 is 27.4 Å². The Bertz CT molecular complexity index is 1340. The minimum Gasteiger partial charge on any atom is -0.423 e. The summed E-state index contributed by atoms with van der Waals surface area (Å²) in [6, 6.07) is 20.0. The fourth-order valence-electron chi connectivity index (χ4n) is 3.08. The van der Waals surface area contributed by atoms with Gasteiger partial charge >= 0.3 is 6.18 Å². The van der Waals surface area contributed by atoms with E-state index in [1.165, 1.54) is 18.3 Å². The van der Waals surface area contributed by atoms with E-state index in [-0.39, 0.29) is 17.5 Å². The van der Waals surface area contributed by atoms with Gasteiger partial charge in [0.05, 0.1) is 23.2 Å². The molecule has 0 amide bonds. The lowest BCUT2D eigenvalue weighted by Crippen LogP contribution is -2.15. The minimum absolute atomic E-state index is 0.106. The number of benzene rings is 3. The average Bonchev–Trinajstić information content (AvgIpc) is 3.22. The van der Waals surface area contributed by atoms with Crippen LogP contribution in [0.5, 0.6) is 0 Å². The highest BCUT2D eigenvalue weighted by molar-refractivity contribution is 7.91. The van der Waals surface area contributed by atoms with Crippen LogP contribution in [0.15, 0.2) is 89.5 Å². The second-order valence-electron chi connectivity index (χ2n) is 7.16. The molecule has 0 saturated carbocycles. The van der Waals surface area contributed by atoms with Crippen molar-refractivity contribution in [2.45, 2.75) is 11.9 Å². The predicted molar refractivity (Wildman–Crippen MR) is 119 cm³/mol. The molecule has 0 bridgehead atoms. The first kappa shape index (κ1) is 22.4. The number of halogens is 3. The van der Waals surface area contributed by atoms with E-state index in [1.54, 1.807) is 48.5 Å². The zero-order valence-corrected chi connectivity index (χ0v) is 17.8. The van der Waals surface area contributed by atoms with E-state index >= 15 is 0 Å². The zero-order chi connectivity index (χ0) is 23.5. The number of sulfonamides is 1. The Labute approximate surface area is 188 Å². The Morgan fingerprint density at radius 2 is 1.58 bits per heavy atom. The quantitative estimate of drug-likeness (QED) is 0.342. The molecule has 6 nitrogen and oxygen atoms in total. The van der Waals surface area contributed by atoms with Gasteiger partial charge in [-0.1, -0.05) is 48.5 Å². The summed E-state index contributed by atoms with van der Waals surface area (Å²) < 4.78 is 71.2. The maximum absolute atomic E-state index is 12.7. The largest absolute Gasteiger partial charge is 0.423 e. The lowest BCUT2D eigenvalue weighted by molar-refractivity contribution is -0.137. The van der Waals surface area contributed by atoms with Crippen molar-refractivity contribution in [1.29, 1.82) is 0 Å². The maximum Gasteiger partial charge on any atom is 0.416 e. The number of hydrogen-bond acceptors (Lipinski definition) is 5. The Hall–Kier alpha value is -3.79. The smallest absolute Gasteiger partial charge is 0.416 e. The first-order chi connectivity index (χ1) is 15.7. The maximum atomic E-state index is 12.7. The fourth-order valence-corrected chi connectivity index (χ4v) is 4.27. The normalized spacial score (nSPS) is 11.8. The number of alkyl halides is 3. The topological polar surface area (TPSA) is 84.2 Å². The van der Waals surface area contributed by atoms with E-state index in [9.17, 15) is 21.6 Å². The van der Waals surface area contributed by atoms with Gasteiger partial charge in [0.15, 0.2) is 5.76 Å². The van der Waals surface area contributed by atoms with Crippen LogP contribution < -0.4 is 10.0 Å². The van der Waals surface area contributed by atoms with Gasteiger partial charge in [-0.15, -0.1) is 0 Å². The molecule has 33 heavy (non-hydrogen) atoms. The molecule has 2 N–H and O–H groups in total. The monoisotopic (exact) mass is 473 g/mol. The van der Waals surface area contributed by atoms with Crippen LogP contribution in [-0.4, -0.2) is 13.4 Å². The van der Waals surface area contributed by atoms with E-state index < -0.39 is 21.8 Å².